The van der Waals surface area contributed by atoms with E-state index in [0.717, 1.165) is 5.69 Å². The van der Waals surface area contributed by atoms with Crippen LogP contribution in [0.15, 0.2) is 58.8 Å². The molecule has 0 atom stereocenters. The molecule has 2 rings (SSSR count). The molecular weight excluding hydrogens is 534 g/mol. The average Bonchev–Trinajstić information content (AvgIpc) is 2.96. The SMILES string of the molecule is CCO[Si](CCCNC(=O)OCCN(CC)c1ccc(N=Nc2ccc([N+](=O)[O-])cc2)cc1)(OCC)C(=O)CC. The van der Waals surface area contributed by atoms with Crippen LogP contribution in [0.3, 0.4) is 0 Å². The van der Waals surface area contributed by atoms with E-state index >= 15 is 0 Å². The summed E-state index contributed by atoms with van der Waals surface area (Å²) in [6.45, 7) is 10.1. The van der Waals surface area contributed by atoms with Gasteiger partial charge in [0.25, 0.3) is 5.69 Å². The van der Waals surface area contributed by atoms with E-state index in [4.69, 9.17) is 13.6 Å². The van der Waals surface area contributed by atoms with E-state index in [1.807, 2.05) is 45.0 Å². The Morgan fingerprint density at radius 3 is 2.02 bits per heavy atom. The number of nitro groups is 1. The fourth-order valence-electron chi connectivity index (χ4n) is 3.99. The van der Waals surface area contributed by atoms with Gasteiger partial charge in [0.2, 0.25) is 0 Å². The summed E-state index contributed by atoms with van der Waals surface area (Å²) in [6.07, 6.45) is 0.409. The number of nitrogens with zero attached hydrogens (tertiary/aromatic N) is 4. The largest absolute Gasteiger partial charge is 0.448 e. The third kappa shape index (κ3) is 10.1. The van der Waals surface area contributed by atoms with Crippen LogP contribution in [0.5, 0.6) is 0 Å². The van der Waals surface area contributed by atoms with Crippen LogP contribution in [-0.4, -0.2) is 64.4 Å². The quantitative estimate of drug-likeness (QED) is 0.0753. The van der Waals surface area contributed by atoms with Crippen LogP contribution in [0.25, 0.3) is 0 Å². The van der Waals surface area contributed by atoms with Gasteiger partial charge in [-0.25, -0.2) is 4.79 Å². The summed E-state index contributed by atoms with van der Waals surface area (Å²) in [5.74, 6) is 0. The number of hydrogen-bond acceptors (Lipinski definition) is 10. The number of nitro benzene ring substituents is 1. The number of benzene rings is 2. The Bertz CT molecular complexity index is 1110. The number of nitrogens with one attached hydrogen (secondary N) is 1. The lowest BCUT2D eigenvalue weighted by Gasteiger charge is -2.28. The second-order valence-electron chi connectivity index (χ2n) is 8.63. The summed E-state index contributed by atoms with van der Waals surface area (Å²) in [7, 11) is -2.96. The smallest absolute Gasteiger partial charge is 0.410 e. The first-order valence-corrected chi connectivity index (χ1v) is 15.5. The maximum atomic E-state index is 12.5. The molecule has 2 aromatic rings. The molecule has 1 N–H and O–H groups in total. The number of anilines is 1. The lowest BCUT2D eigenvalue weighted by molar-refractivity contribution is -0.384. The van der Waals surface area contributed by atoms with E-state index in [1.54, 1.807) is 6.92 Å². The van der Waals surface area contributed by atoms with E-state index in [2.05, 4.69) is 20.4 Å². The number of likely N-dealkylation sites (N-methyl/N-ethyl adjacent to an activating group) is 1. The maximum Gasteiger partial charge on any atom is 0.410 e. The van der Waals surface area contributed by atoms with Crippen molar-refractivity contribution in [1.82, 2.24) is 5.32 Å². The number of azo groups is 1. The molecule has 0 saturated heterocycles. The van der Waals surface area contributed by atoms with Gasteiger partial charge in [0.15, 0.2) is 5.41 Å². The first-order valence-electron chi connectivity index (χ1n) is 13.5. The summed E-state index contributed by atoms with van der Waals surface area (Å²) < 4.78 is 17.0. The fraction of sp³-hybridized carbons (Fsp3) is 0.481. The van der Waals surface area contributed by atoms with E-state index in [-0.39, 0.29) is 17.7 Å². The standard InChI is InChI=1S/C27H39N5O7Si/c1-5-26(33)40(38-7-3,39-8-4)21-9-18-28-27(34)37-20-19-31(6-2)24-14-10-22(11-15-24)29-30-23-12-16-25(17-13-23)32(35)36/h10-17H,5-9,18-21H2,1-4H3,(H,28,34). The molecule has 12 nitrogen and oxygen atoms in total. The predicted octanol–water partition coefficient (Wildman–Crippen LogP) is 5.99. The number of ether oxygens (including phenoxy) is 1. The number of non-ortho nitro benzene ring substituents is 1. The number of carbonyl (C=O) groups excluding carboxylic acids is 2. The molecule has 0 heterocycles. The number of carbonyl (C=O) groups is 2. The van der Waals surface area contributed by atoms with Gasteiger partial charge in [-0.3, -0.25) is 14.9 Å². The summed E-state index contributed by atoms with van der Waals surface area (Å²) in [6, 6.07) is 13.8. The molecule has 0 spiro atoms. The van der Waals surface area contributed by atoms with Gasteiger partial charge in [-0.1, -0.05) is 6.92 Å². The fourth-order valence-corrected chi connectivity index (χ4v) is 7.08. The van der Waals surface area contributed by atoms with E-state index in [0.29, 0.717) is 63.1 Å². The summed E-state index contributed by atoms with van der Waals surface area (Å²) in [5, 5.41) is 21.8. The first kappa shape index (κ1) is 32.5. The van der Waals surface area contributed by atoms with Crippen molar-refractivity contribution < 1.29 is 28.1 Å². The first-order chi connectivity index (χ1) is 19.3. The Kier molecular flexibility index (Phi) is 13.9. The lowest BCUT2D eigenvalue weighted by atomic mass is 10.2. The molecule has 218 valence electrons. The summed E-state index contributed by atoms with van der Waals surface area (Å²) in [4.78, 5) is 37.0. The molecule has 0 bridgehead atoms. The van der Waals surface area contributed by atoms with Crippen molar-refractivity contribution in [3.05, 3.63) is 58.6 Å². The molecule has 0 fully saturated rings. The molecule has 1 amide bonds. The van der Waals surface area contributed by atoms with Gasteiger partial charge in [-0.2, -0.15) is 10.2 Å². The molecule has 0 aliphatic carbocycles. The Morgan fingerprint density at radius 1 is 0.950 bits per heavy atom. The topological polar surface area (TPSA) is 145 Å². The molecule has 0 aliphatic heterocycles. The highest BCUT2D eigenvalue weighted by Gasteiger charge is 2.44. The number of amides is 1. The zero-order valence-electron chi connectivity index (χ0n) is 23.6. The van der Waals surface area contributed by atoms with Gasteiger partial charge < -0.3 is 23.8 Å². The molecule has 0 radical (unpaired) electrons. The van der Waals surface area contributed by atoms with Crippen LogP contribution in [0, 0.1) is 10.1 Å². The number of hydrogen-bond donors (Lipinski definition) is 1. The second-order valence-corrected chi connectivity index (χ2v) is 11.8. The monoisotopic (exact) mass is 573 g/mol. The molecule has 0 aliphatic rings. The lowest BCUT2D eigenvalue weighted by Crippen LogP contribution is -2.51. The minimum atomic E-state index is -2.96. The molecule has 0 unspecified atom stereocenters. The molecule has 40 heavy (non-hydrogen) atoms. The zero-order valence-corrected chi connectivity index (χ0v) is 24.6. The highest BCUT2D eigenvalue weighted by molar-refractivity contribution is 6.97. The Labute approximate surface area is 236 Å². The van der Waals surface area contributed by atoms with Gasteiger partial charge in [-0.05, 0) is 69.6 Å². The van der Waals surface area contributed by atoms with Crippen molar-refractivity contribution in [2.75, 3.05) is 44.4 Å². The minimum absolute atomic E-state index is 0.00269. The molecule has 0 aromatic heterocycles. The van der Waals surface area contributed by atoms with Crippen molar-refractivity contribution in [3.63, 3.8) is 0 Å². The molecular formula is C27H39N5O7Si. The van der Waals surface area contributed by atoms with Crippen molar-refractivity contribution >= 4 is 42.8 Å². The van der Waals surface area contributed by atoms with Gasteiger partial charge in [0.1, 0.15) is 6.61 Å². The number of alkyl carbamates (subject to hydrolysis) is 1. The van der Waals surface area contributed by atoms with Crippen LogP contribution in [0.4, 0.5) is 27.5 Å². The van der Waals surface area contributed by atoms with Crippen LogP contribution in [-0.2, 0) is 18.4 Å². The van der Waals surface area contributed by atoms with E-state index in [9.17, 15) is 19.7 Å². The third-order valence-corrected chi connectivity index (χ3v) is 9.71. The van der Waals surface area contributed by atoms with Crippen LogP contribution in [0.1, 0.15) is 40.5 Å². The maximum absolute atomic E-state index is 12.5. The van der Waals surface area contributed by atoms with Crippen LogP contribution in [0.2, 0.25) is 6.04 Å². The minimum Gasteiger partial charge on any atom is -0.448 e. The number of rotatable bonds is 18. The normalized spacial score (nSPS) is 11.4. The Balaban J connectivity index is 1.79. The van der Waals surface area contributed by atoms with Gasteiger partial charge in [0.05, 0.1) is 22.8 Å². The van der Waals surface area contributed by atoms with Crippen molar-refractivity contribution in [2.45, 2.75) is 46.6 Å². The predicted molar refractivity (Wildman–Crippen MR) is 155 cm³/mol. The summed E-state index contributed by atoms with van der Waals surface area (Å²) >= 11 is 0. The van der Waals surface area contributed by atoms with Gasteiger partial charge in [0, 0.05) is 50.5 Å². The second kappa shape index (κ2) is 17.1. The molecule has 13 heteroatoms. The highest BCUT2D eigenvalue weighted by Crippen LogP contribution is 2.24. The summed E-state index contributed by atoms with van der Waals surface area (Å²) in [5.41, 5.74) is 2.08. The van der Waals surface area contributed by atoms with Crippen LogP contribution < -0.4 is 10.2 Å². The van der Waals surface area contributed by atoms with E-state index in [1.165, 1.54) is 24.3 Å². The van der Waals surface area contributed by atoms with E-state index < -0.39 is 19.6 Å². The van der Waals surface area contributed by atoms with Crippen molar-refractivity contribution in [3.8, 4) is 0 Å². The van der Waals surface area contributed by atoms with Crippen molar-refractivity contribution in [1.29, 1.82) is 0 Å². The third-order valence-electron chi connectivity index (χ3n) is 5.99. The zero-order chi connectivity index (χ0) is 29.4. The Morgan fingerprint density at radius 2 is 1.52 bits per heavy atom. The molecule has 0 saturated carbocycles. The molecule has 2 aromatic carbocycles. The van der Waals surface area contributed by atoms with Gasteiger partial charge >= 0.3 is 14.7 Å². The van der Waals surface area contributed by atoms with Gasteiger partial charge in [-0.15, -0.1) is 0 Å². The van der Waals surface area contributed by atoms with Crippen LogP contribution >= 0.6 is 0 Å². The average molecular weight is 574 g/mol. The van der Waals surface area contributed by atoms with Crippen molar-refractivity contribution in [2.24, 2.45) is 10.2 Å². The Hall–Kier alpha value is -3.68. The highest BCUT2D eigenvalue weighted by atomic mass is 28.4.